The van der Waals surface area contributed by atoms with Crippen LogP contribution in [0.1, 0.15) is 16.3 Å². The minimum atomic E-state index is -0.870. The first-order chi connectivity index (χ1) is 7.99. The Bertz CT molecular complexity index is 457. The molecule has 5 nitrogen and oxygen atoms in total. The Morgan fingerprint density at radius 1 is 1.59 bits per heavy atom. The molecule has 1 heterocycles. The van der Waals surface area contributed by atoms with E-state index in [4.69, 9.17) is 5.11 Å². The number of aromatic nitrogens is 1. The Hall–Kier alpha value is -1.43. The lowest BCUT2D eigenvalue weighted by atomic mass is 10.3. The van der Waals surface area contributed by atoms with Crippen LogP contribution in [0.3, 0.4) is 0 Å². The summed E-state index contributed by atoms with van der Waals surface area (Å²) in [5.41, 5.74) is 0. The van der Waals surface area contributed by atoms with Crippen molar-refractivity contribution in [2.45, 2.75) is 19.9 Å². The maximum Gasteiger partial charge on any atom is 0.307 e. The van der Waals surface area contributed by atoms with Crippen molar-refractivity contribution >= 4 is 23.2 Å². The van der Waals surface area contributed by atoms with E-state index in [1.165, 1.54) is 0 Å². The van der Waals surface area contributed by atoms with Gasteiger partial charge >= 0.3 is 5.97 Å². The fraction of sp³-hybridized carbons (Fsp3) is 0.545. The zero-order valence-corrected chi connectivity index (χ0v) is 10.5. The highest BCUT2D eigenvalue weighted by Crippen LogP contribution is 2.40. The molecular weight excluding hydrogens is 240 g/mol. The van der Waals surface area contributed by atoms with Gasteiger partial charge in [-0.25, -0.2) is 4.98 Å². The van der Waals surface area contributed by atoms with E-state index in [1.54, 1.807) is 29.5 Å². The van der Waals surface area contributed by atoms with E-state index in [1.807, 2.05) is 6.92 Å². The number of rotatable bonds is 4. The van der Waals surface area contributed by atoms with E-state index in [2.05, 4.69) is 4.98 Å². The number of thiazole rings is 1. The Morgan fingerprint density at radius 3 is 2.76 bits per heavy atom. The zero-order chi connectivity index (χ0) is 12.6. The molecular formula is C11H14N2O3S. The smallest absolute Gasteiger partial charge is 0.307 e. The maximum absolute atomic E-state index is 11.9. The van der Waals surface area contributed by atoms with Gasteiger partial charge in [0.1, 0.15) is 0 Å². The molecule has 0 radical (unpaired) electrons. The van der Waals surface area contributed by atoms with Gasteiger partial charge in [-0.05, 0) is 13.3 Å². The minimum Gasteiger partial charge on any atom is -0.481 e. The Kier molecular flexibility index (Phi) is 3.15. The topological polar surface area (TPSA) is 70.5 Å². The molecule has 0 saturated heterocycles. The molecule has 1 fully saturated rings. The summed E-state index contributed by atoms with van der Waals surface area (Å²) in [5.74, 6) is -1.76. The number of hydrogen-bond donors (Lipinski definition) is 1. The van der Waals surface area contributed by atoms with E-state index >= 15 is 0 Å². The summed E-state index contributed by atoms with van der Waals surface area (Å²) in [6, 6.07) is 0. The van der Waals surface area contributed by atoms with Gasteiger partial charge in [0, 0.05) is 18.1 Å². The second-order valence-corrected chi connectivity index (χ2v) is 5.65. The van der Waals surface area contributed by atoms with Gasteiger partial charge in [-0.1, -0.05) is 0 Å². The SMILES string of the molecule is Cc1ncc(CN(C)C(=O)[C@H]2C[C@H]2C(=O)O)s1. The van der Waals surface area contributed by atoms with Crippen molar-refractivity contribution < 1.29 is 14.7 Å². The van der Waals surface area contributed by atoms with Gasteiger partial charge < -0.3 is 10.0 Å². The number of carbonyl (C=O) groups excluding carboxylic acids is 1. The van der Waals surface area contributed by atoms with Crippen LogP contribution in [-0.4, -0.2) is 33.9 Å². The average Bonchev–Trinajstić information content (AvgIpc) is 2.96. The molecule has 2 atom stereocenters. The minimum absolute atomic E-state index is 0.0801. The molecule has 6 heteroatoms. The van der Waals surface area contributed by atoms with Gasteiger partial charge in [0.15, 0.2) is 0 Å². The summed E-state index contributed by atoms with van der Waals surface area (Å²) in [6.45, 7) is 2.42. The number of aryl methyl sites for hydroxylation is 1. The third-order valence-electron chi connectivity index (χ3n) is 2.86. The van der Waals surface area contributed by atoms with Gasteiger partial charge in [-0.15, -0.1) is 11.3 Å². The zero-order valence-electron chi connectivity index (χ0n) is 9.71. The molecule has 0 aromatic carbocycles. The van der Waals surface area contributed by atoms with Crippen LogP contribution in [-0.2, 0) is 16.1 Å². The second kappa shape index (κ2) is 4.44. The molecule has 17 heavy (non-hydrogen) atoms. The largest absolute Gasteiger partial charge is 0.481 e. The third kappa shape index (κ3) is 2.63. The van der Waals surface area contributed by atoms with Gasteiger partial charge in [0.25, 0.3) is 0 Å². The maximum atomic E-state index is 11.9. The molecule has 0 bridgehead atoms. The van der Waals surface area contributed by atoms with Crippen LogP contribution in [0, 0.1) is 18.8 Å². The van der Waals surface area contributed by atoms with E-state index < -0.39 is 11.9 Å². The lowest BCUT2D eigenvalue weighted by molar-refractivity contribution is -0.141. The predicted molar refractivity (Wildman–Crippen MR) is 62.6 cm³/mol. The highest BCUT2D eigenvalue weighted by Gasteiger charge is 2.49. The molecule has 1 aromatic rings. The summed E-state index contributed by atoms with van der Waals surface area (Å²) in [7, 11) is 1.70. The van der Waals surface area contributed by atoms with Crippen LogP contribution in [0.15, 0.2) is 6.20 Å². The van der Waals surface area contributed by atoms with Gasteiger partial charge in [0.2, 0.25) is 5.91 Å². The highest BCUT2D eigenvalue weighted by molar-refractivity contribution is 7.11. The summed E-state index contributed by atoms with van der Waals surface area (Å²) in [4.78, 5) is 29.3. The van der Waals surface area contributed by atoms with Crippen LogP contribution in [0.5, 0.6) is 0 Å². The Labute approximate surface area is 103 Å². The van der Waals surface area contributed by atoms with Gasteiger partial charge in [-0.3, -0.25) is 9.59 Å². The highest BCUT2D eigenvalue weighted by atomic mass is 32.1. The van der Waals surface area contributed by atoms with Crippen molar-refractivity contribution in [1.29, 1.82) is 0 Å². The van der Waals surface area contributed by atoms with Gasteiger partial charge in [-0.2, -0.15) is 0 Å². The average molecular weight is 254 g/mol. The lowest BCUT2D eigenvalue weighted by Crippen LogP contribution is -2.28. The molecule has 2 rings (SSSR count). The summed E-state index contributed by atoms with van der Waals surface area (Å²) in [5, 5.41) is 9.74. The number of nitrogens with zero attached hydrogens (tertiary/aromatic N) is 2. The van der Waals surface area contributed by atoms with Crippen LogP contribution < -0.4 is 0 Å². The van der Waals surface area contributed by atoms with E-state index in [0.717, 1.165) is 9.88 Å². The van der Waals surface area contributed by atoms with Crippen molar-refractivity contribution in [1.82, 2.24) is 9.88 Å². The first-order valence-electron chi connectivity index (χ1n) is 5.38. The first kappa shape index (κ1) is 12.0. The van der Waals surface area contributed by atoms with Crippen molar-refractivity contribution in [3.63, 3.8) is 0 Å². The molecule has 1 amide bonds. The number of aliphatic carboxylic acids is 1. The standard InChI is InChI=1S/C11H14N2O3S/c1-6-12-4-7(17-6)5-13(2)10(14)8-3-9(8)11(15)16/h4,8-9H,3,5H2,1-2H3,(H,15,16)/t8-,9+/m0/s1. The summed E-state index contributed by atoms with van der Waals surface area (Å²) < 4.78 is 0. The number of amides is 1. The van der Waals surface area contributed by atoms with E-state index in [0.29, 0.717) is 13.0 Å². The monoisotopic (exact) mass is 254 g/mol. The number of carboxylic acids is 1. The van der Waals surface area contributed by atoms with Crippen molar-refractivity contribution in [3.8, 4) is 0 Å². The fourth-order valence-corrected chi connectivity index (χ4v) is 2.66. The molecule has 0 unspecified atom stereocenters. The fourth-order valence-electron chi connectivity index (χ4n) is 1.81. The number of carbonyl (C=O) groups is 2. The van der Waals surface area contributed by atoms with E-state index in [-0.39, 0.29) is 11.8 Å². The first-order valence-corrected chi connectivity index (χ1v) is 6.19. The third-order valence-corrected chi connectivity index (χ3v) is 3.76. The Balaban J connectivity index is 1.91. The van der Waals surface area contributed by atoms with Crippen molar-refractivity contribution in [3.05, 3.63) is 16.1 Å². The predicted octanol–water partition coefficient (Wildman–Crippen LogP) is 1.13. The molecule has 1 N–H and O–H groups in total. The second-order valence-electron chi connectivity index (χ2n) is 4.33. The van der Waals surface area contributed by atoms with E-state index in [9.17, 15) is 9.59 Å². The van der Waals surface area contributed by atoms with Crippen LogP contribution in [0.4, 0.5) is 0 Å². The van der Waals surface area contributed by atoms with Crippen molar-refractivity contribution in [2.75, 3.05) is 7.05 Å². The van der Waals surface area contributed by atoms with Crippen LogP contribution >= 0.6 is 11.3 Å². The number of carboxylic acid groups (broad SMARTS) is 1. The summed E-state index contributed by atoms with van der Waals surface area (Å²) in [6.07, 6.45) is 2.23. The quantitative estimate of drug-likeness (QED) is 0.874. The van der Waals surface area contributed by atoms with Crippen LogP contribution in [0.25, 0.3) is 0 Å². The molecule has 1 aliphatic carbocycles. The van der Waals surface area contributed by atoms with Crippen molar-refractivity contribution in [2.24, 2.45) is 11.8 Å². The molecule has 1 saturated carbocycles. The molecule has 92 valence electrons. The lowest BCUT2D eigenvalue weighted by Gasteiger charge is -2.15. The molecule has 0 aliphatic heterocycles. The molecule has 1 aliphatic rings. The molecule has 0 spiro atoms. The van der Waals surface area contributed by atoms with Gasteiger partial charge in [0.05, 0.1) is 23.4 Å². The molecule has 1 aromatic heterocycles. The van der Waals surface area contributed by atoms with Crippen LogP contribution in [0.2, 0.25) is 0 Å². The Morgan fingerprint density at radius 2 is 2.29 bits per heavy atom. The normalized spacial score (nSPS) is 22.2. The number of hydrogen-bond acceptors (Lipinski definition) is 4. The summed E-state index contributed by atoms with van der Waals surface area (Å²) >= 11 is 1.55.